The first-order valence-corrected chi connectivity index (χ1v) is 9.61. The Morgan fingerprint density at radius 1 is 1.14 bits per heavy atom. The Balaban J connectivity index is 1.61. The van der Waals surface area contributed by atoms with E-state index in [1.165, 1.54) is 18.4 Å². The van der Waals surface area contributed by atoms with Crippen molar-refractivity contribution < 1.29 is 14.3 Å². The lowest BCUT2D eigenvalue weighted by molar-refractivity contribution is 0.0949. The monoisotopic (exact) mass is 381 g/mol. The normalized spacial score (nSPS) is 13.4. The molecule has 3 rings (SSSR count). The van der Waals surface area contributed by atoms with E-state index in [1.807, 2.05) is 18.2 Å². The molecule has 0 fully saturated rings. The smallest absolute Gasteiger partial charge is 0.269 e. The van der Waals surface area contributed by atoms with Gasteiger partial charge in [0.2, 0.25) is 0 Å². The summed E-state index contributed by atoms with van der Waals surface area (Å²) in [5.74, 6) is 1.20. The van der Waals surface area contributed by atoms with E-state index in [-0.39, 0.29) is 5.91 Å². The van der Waals surface area contributed by atoms with E-state index in [0.29, 0.717) is 23.7 Å². The number of methoxy groups -OCH3 is 2. The Kier molecular flexibility index (Phi) is 6.89. The minimum Gasteiger partial charge on any atom is -0.497 e. The number of anilines is 2. The molecule has 0 saturated carbocycles. The summed E-state index contributed by atoms with van der Waals surface area (Å²) in [6.07, 6.45) is 9.68. The highest BCUT2D eigenvalue weighted by atomic mass is 16.5. The average molecular weight is 381 g/mol. The van der Waals surface area contributed by atoms with Crippen LogP contribution >= 0.6 is 0 Å². The van der Waals surface area contributed by atoms with Crippen LogP contribution in [0.1, 0.15) is 42.6 Å². The highest BCUT2D eigenvalue weighted by Gasteiger charge is 2.11. The van der Waals surface area contributed by atoms with Crippen LogP contribution in [0.15, 0.2) is 48.2 Å². The van der Waals surface area contributed by atoms with Gasteiger partial charge in [0.05, 0.1) is 19.9 Å². The van der Waals surface area contributed by atoms with Crippen LogP contribution in [0.2, 0.25) is 0 Å². The van der Waals surface area contributed by atoms with Crippen LogP contribution < -0.4 is 20.1 Å². The fourth-order valence-electron chi connectivity index (χ4n) is 3.25. The maximum Gasteiger partial charge on any atom is 0.269 e. The molecule has 1 aliphatic rings. The van der Waals surface area contributed by atoms with Gasteiger partial charge in [0.15, 0.2) is 0 Å². The highest BCUT2D eigenvalue weighted by Crippen LogP contribution is 2.31. The lowest BCUT2D eigenvalue weighted by Gasteiger charge is -2.14. The molecular formula is C22H27N3O3. The van der Waals surface area contributed by atoms with Gasteiger partial charge in [-0.3, -0.25) is 9.78 Å². The van der Waals surface area contributed by atoms with Crippen molar-refractivity contribution in [2.24, 2.45) is 0 Å². The van der Waals surface area contributed by atoms with Crippen molar-refractivity contribution in [1.29, 1.82) is 0 Å². The van der Waals surface area contributed by atoms with Crippen LogP contribution in [0.5, 0.6) is 11.5 Å². The number of hydrogen-bond donors (Lipinski definition) is 2. The number of aromatic nitrogens is 1. The summed E-state index contributed by atoms with van der Waals surface area (Å²) in [5.41, 5.74) is 3.38. The number of benzene rings is 1. The molecule has 0 spiro atoms. The number of allylic oxidation sites excluding steroid dienone is 1. The zero-order valence-electron chi connectivity index (χ0n) is 16.5. The molecule has 0 unspecified atom stereocenters. The van der Waals surface area contributed by atoms with Gasteiger partial charge in [-0.1, -0.05) is 11.6 Å². The Morgan fingerprint density at radius 3 is 2.79 bits per heavy atom. The van der Waals surface area contributed by atoms with Crippen LogP contribution in [0.3, 0.4) is 0 Å². The maximum absolute atomic E-state index is 12.4. The third kappa shape index (κ3) is 5.25. The van der Waals surface area contributed by atoms with Crippen molar-refractivity contribution in [3.8, 4) is 11.5 Å². The molecule has 28 heavy (non-hydrogen) atoms. The van der Waals surface area contributed by atoms with E-state index in [2.05, 4.69) is 21.7 Å². The number of carbonyl (C=O) groups excluding carboxylic acids is 1. The zero-order valence-corrected chi connectivity index (χ0v) is 16.5. The number of hydrogen-bond acceptors (Lipinski definition) is 5. The van der Waals surface area contributed by atoms with Gasteiger partial charge in [0, 0.05) is 24.5 Å². The first kappa shape index (κ1) is 19.7. The molecule has 1 aromatic heterocycles. The number of rotatable bonds is 8. The molecular weight excluding hydrogens is 354 g/mol. The van der Waals surface area contributed by atoms with Gasteiger partial charge in [-0.15, -0.1) is 0 Å². The minimum absolute atomic E-state index is 0.165. The topological polar surface area (TPSA) is 72.5 Å². The van der Waals surface area contributed by atoms with Crippen LogP contribution in [-0.4, -0.2) is 31.7 Å². The maximum atomic E-state index is 12.4. The third-order valence-electron chi connectivity index (χ3n) is 4.80. The lowest BCUT2D eigenvalue weighted by Crippen LogP contribution is -2.25. The van der Waals surface area contributed by atoms with E-state index in [4.69, 9.17) is 9.47 Å². The Morgan fingerprint density at radius 2 is 2.04 bits per heavy atom. The van der Waals surface area contributed by atoms with Gasteiger partial charge >= 0.3 is 0 Å². The van der Waals surface area contributed by atoms with Crippen molar-refractivity contribution in [3.63, 3.8) is 0 Å². The fraction of sp³-hybridized carbons (Fsp3) is 0.364. The van der Waals surface area contributed by atoms with E-state index in [9.17, 15) is 4.79 Å². The molecule has 0 radical (unpaired) electrons. The highest BCUT2D eigenvalue weighted by molar-refractivity contribution is 5.93. The Hall–Kier alpha value is -3.02. The van der Waals surface area contributed by atoms with Gasteiger partial charge in [-0.25, -0.2) is 0 Å². The molecule has 1 aliphatic carbocycles. The summed E-state index contributed by atoms with van der Waals surface area (Å²) in [7, 11) is 3.22. The predicted molar refractivity (Wildman–Crippen MR) is 111 cm³/mol. The second-order valence-electron chi connectivity index (χ2n) is 6.74. The standard InChI is InChI=1S/C22H27N3O3/c1-27-18-8-9-19(21(15-18)28-2)25-17-11-13-23-20(14-17)22(26)24-12-10-16-6-4-3-5-7-16/h6,8-9,11,13-15H,3-5,7,10,12H2,1-2H3,(H,23,25)(H,24,26). The largest absolute Gasteiger partial charge is 0.497 e. The quantitative estimate of drug-likeness (QED) is 0.661. The van der Waals surface area contributed by atoms with Crippen molar-refractivity contribution in [2.75, 3.05) is 26.1 Å². The molecule has 1 aromatic carbocycles. The number of nitrogens with one attached hydrogen (secondary N) is 2. The number of carbonyl (C=O) groups is 1. The fourth-order valence-corrected chi connectivity index (χ4v) is 3.25. The predicted octanol–water partition coefficient (Wildman–Crippen LogP) is 4.46. The minimum atomic E-state index is -0.165. The van der Waals surface area contributed by atoms with E-state index in [1.54, 1.807) is 32.5 Å². The van der Waals surface area contributed by atoms with Crippen LogP contribution in [0.4, 0.5) is 11.4 Å². The van der Waals surface area contributed by atoms with Crippen LogP contribution in [-0.2, 0) is 0 Å². The molecule has 0 aliphatic heterocycles. The Labute approximate surface area is 166 Å². The van der Waals surface area contributed by atoms with Gasteiger partial charge in [-0.05, 0) is 56.4 Å². The second kappa shape index (κ2) is 9.78. The molecule has 2 aromatic rings. The molecule has 0 saturated heterocycles. The molecule has 1 heterocycles. The number of amides is 1. The van der Waals surface area contributed by atoms with Crippen molar-refractivity contribution in [1.82, 2.24) is 10.3 Å². The van der Waals surface area contributed by atoms with Gasteiger partial charge in [0.1, 0.15) is 17.2 Å². The summed E-state index contributed by atoms with van der Waals surface area (Å²) >= 11 is 0. The molecule has 0 bridgehead atoms. The Bertz CT molecular complexity index is 849. The molecule has 2 N–H and O–H groups in total. The second-order valence-corrected chi connectivity index (χ2v) is 6.74. The number of nitrogens with zero attached hydrogens (tertiary/aromatic N) is 1. The number of pyridine rings is 1. The first-order valence-electron chi connectivity index (χ1n) is 9.61. The zero-order chi connectivity index (χ0) is 19.8. The molecule has 0 atom stereocenters. The summed E-state index contributed by atoms with van der Waals surface area (Å²) in [5, 5.41) is 6.23. The summed E-state index contributed by atoms with van der Waals surface area (Å²) in [6, 6.07) is 9.07. The molecule has 148 valence electrons. The van der Waals surface area contributed by atoms with E-state index < -0.39 is 0 Å². The summed E-state index contributed by atoms with van der Waals surface area (Å²) in [4.78, 5) is 16.6. The molecule has 1 amide bonds. The molecule has 6 nitrogen and oxygen atoms in total. The van der Waals surface area contributed by atoms with Crippen LogP contribution in [0.25, 0.3) is 0 Å². The lowest BCUT2D eigenvalue weighted by atomic mass is 9.97. The van der Waals surface area contributed by atoms with Crippen LogP contribution in [0, 0.1) is 0 Å². The van der Waals surface area contributed by atoms with Gasteiger partial charge in [0.25, 0.3) is 5.91 Å². The molecule has 6 heteroatoms. The van der Waals surface area contributed by atoms with Crippen molar-refractivity contribution >= 4 is 17.3 Å². The SMILES string of the molecule is COc1ccc(Nc2ccnc(C(=O)NCCC3=CCCCC3)c2)c(OC)c1. The average Bonchev–Trinajstić information content (AvgIpc) is 2.75. The van der Waals surface area contributed by atoms with Gasteiger partial charge in [-0.2, -0.15) is 0 Å². The first-order chi connectivity index (χ1) is 13.7. The summed E-state index contributed by atoms with van der Waals surface area (Å²) < 4.78 is 10.6. The van der Waals surface area contributed by atoms with Gasteiger partial charge < -0.3 is 20.1 Å². The van der Waals surface area contributed by atoms with E-state index >= 15 is 0 Å². The van der Waals surface area contributed by atoms with E-state index in [0.717, 1.165) is 30.6 Å². The summed E-state index contributed by atoms with van der Waals surface area (Å²) in [6.45, 7) is 0.635. The third-order valence-corrected chi connectivity index (χ3v) is 4.80. The van der Waals surface area contributed by atoms with Crippen molar-refractivity contribution in [3.05, 3.63) is 53.9 Å². The number of ether oxygens (including phenoxy) is 2. The van der Waals surface area contributed by atoms with Crippen molar-refractivity contribution in [2.45, 2.75) is 32.1 Å².